The third-order valence-electron chi connectivity index (χ3n) is 6.51. The van der Waals surface area contributed by atoms with Crippen LogP contribution in [0.2, 0.25) is 0 Å². The van der Waals surface area contributed by atoms with Crippen LogP contribution in [0.4, 0.5) is 11.5 Å². The van der Waals surface area contributed by atoms with E-state index in [-0.39, 0.29) is 23.5 Å². The number of hydrogen-bond donors (Lipinski definition) is 1. The number of pyridine rings is 1. The van der Waals surface area contributed by atoms with E-state index in [1.807, 2.05) is 46.2 Å². The number of morpholine rings is 1. The lowest BCUT2D eigenvalue weighted by Gasteiger charge is -2.36. The lowest BCUT2D eigenvalue weighted by molar-refractivity contribution is -0.00523. The van der Waals surface area contributed by atoms with Gasteiger partial charge in [-0.25, -0.2) is 4.68 Å². The van der Waals surface area contributed by atoms with Gasteiger partial charge in [-0.3, -0.25) is 9.78 Å². The Labute approximate surface area is 222 Å². The zero-order chi connectivity index (χ0) is 27.0. The van der Waals surface area contributed by atoms with Gasteiger partial charge in [0.1, 0.15) is 11.5 Å². The molecule has 198 valence electrons. The van der Waals surface area contributed by atoms with Crippen LogP contribution >= 0.6 is 0 Å². The third-order valence-corrected chi connectivity index (χ3v) is 6.51. The van der Waals surface area contributed by atoms with Crippen molar-refractivity contribution in [1.29, 1.82) is 0 Å². The van der Waals surface area contributed by atoms with Crippen molar-refractivity contribution in [2.45, 2.75) is 59.2 Å². The fourth-order valence-electron chi connectivity index (χ4n) is 4.52. The predicted molar refractivity (Wildman–Crippen MR) is 145 cm³/mol. The second-order valence-corrected chi connectivity index (χ2v) is 10.9. The molecule has 0 saturated carbocycles. The molecule has 1 N–H and O–H groups in total. The molecule has 1 aliphatic rings. The van der Waals surface area contributed by atoms with E-state index in [2.05, 4.69) is 50.6 Å². The van der Waals surface area contributed by atoms with Crippen molar-refractivity contribution in [3.05, 3.63) is 65.8 Å². The van der Waals surface area contributed by atoms with Gasteiger partial charge in [-0.15, -0.1) is 5.10 Å². The molecule has 10 heteroatoms. The SMILES string of the molecule is Cc1ccc(C(=O)Nc2cc(C(C)(C)C)on2)cc1-n1cc(-c2cncc(N3C[C@@H](C)O[C@@H](C)C3)c2)nn1. The van der Waals surface area contributed by atoms with Crippen LogP contribution in [0.5, 0.6) is 0 Å². The maximum Gasteiger partial charge on any atom is 0.256 e. The summed E-state index contributed by atoms with van der Waals surface area (Å²) < 4.78 is 12.9. The molecule has 0 spiro atoms. The number of benzene rings is 1. The van der Waals surface area contributed by atoms with Gasteiger partial charge in [-0.05, 0) is 44.5 Å². The van der Waals surface area contributed by atoms with Gasteiger partial charge >= 0.3 is 0 Å². The first-order valence-corrected chi connectivity index (χ1v) is 12.7. The van der Waals surface area contributed by atoms with Gasteiger partial charge in [-0.1, -0.05) is 37.2 Å². The molecule has 4 heterocycles. The number of nitrogens with zero attached hydrogens (tertiary/aromatic N) is 6. The molecule has 38 heavy (non-hydrogen) atoms. The summed E-state index contributed by atoms with van der Waals surface area (Å²) in [4.78, 5) is 19.7. The highest BCUT2D eigenvalue weighted by molar-refractivity contribution is 6.04. The lowest BCUT2D eigenvalue weighted by Crippen LogP contribution is -2.45. The van der Waals surface area contributed by atoms with Crippen LogP contribution in [0.1, 0.15) is 56.3 Å². The minimum absolute atomic E-state index is 0.153. The van der Waals surface area contributed by atoms with E-state index in [1.165, 1.54) is 0 Å². The molecule has 2 atom stereocenters. The normalized spacial score (nSPS) is 18.0. The molecule has 1 amide bonds. The Bertz CT molecular complexity index is 1440. The topological polar surface area (TPSA) is 111 Å². The Morgan fingerprint density at radius 2 is 1.84 bits per heavy atom. The second-order valence-electron chi connectivity index (χ2n) is 10.9. The number of rotatable bonds is 5. The monoisotopic (exact) mass is 515 g/mol. The van der Waals surface area contributed by atoms with E-state index in [0.717, 1.165) is 35.6 Å². The second kappa shape index (κ2) is 10.0. The van der Waals surface area contributed by atoms with Gasteiger partial charge in [0.25, 0.3) is 5.91 Å². The van der Waals surface area contributed by atoms with E-state index >= 15 is 0 Å². The molecular formula is C28H33N7O3. The van der Waals surface area contributed by atoms with Crippen LogP contribution in [0, 0.1) is 6.92 Å². The van der Waals surface area contributed by atoms with Crippen LogP contribution in [0.15, 0.2) is 53.4 Å². The van der Waals surface area contributed by atoms with Crippen LogP contribution in [0.25, 0.3) is 16.9 Å². The Morgan fingerprint density at radius 1 is 1.08 bits per heavy atom. The first kappa shape index (κ1) is 25.6. The van der Waals surface area contributed by atoms with Crippen molar-refractivity contribution in [3.63, 3.8) is 0 Å². The smallest absolute Gasteiger partial charge is 0.256 e. The molecule has 0 bridgehead atoms. The van der Waals surface area contributed by atoms with Crippen LogP contribution in [-0.2, 0) is 10.2 Å². The fourth-order valence-corrected chi connectivity index (χ4v) is 4.52. The Balaban J connectivity index is 1.36. The van der Waals surface area contributed by atoms with E-state index in [4.69, 9.17) is 9.26 Å². The molecule has 0 aliphatic carbocycles. The molecule has 1 fully saturated rings. The molecular weight excluding hydrogens is 482 g/mol. The predicted octanol–water partition coefficient (Wildman–Crippen LogP) is 4.79. The maximum atomic E-state index is 13.0. The third kappa shape index (κ3) is 5.45. The summed E-state index contributed by atoms with van der Waals surface area (Å²) in [6, 6.07) is 9.27. The largest absolute Gasteiger partial charge is 0.372 e. The molecule has 0 radical (unpaired) electrons. The number of aryl methyl sites for hydroxylation is 1. The highest BCUT2D eigenvalue weighted by Gasteiger charge is 2.23. The molecule has 5 rings (SSSR count). The molecule has 1 saturated heterocycles. The van der Waals surface area contributed by atoms with Gasteiger partial charge < -0.3 is 19.5 Å². The molecule has 1 aliphatic heterocycles. The fraction of sp³-hybridized carbons (Fsp3) is 0.393. The zero-order valence-corrected chi connectivity index (χ0v) is 22.6. The summed E-state index contributed by atoms with van der Waals surface area (Å²) >= 11 is 0. The molecule has 10 nitrogen and oxygen atoms in total. The zero-order valence-electron chi connectivity index (χ0n) is 22.6. The van der Waals surface area contributed by atoms with E-state index in [9.17, 15) is 4.79 Å². The van der Waals surface area contributed by atoms with Gasteiger partial charge in [0, 0.05) is 41.9 Å². The number of carbonyl (C=O) groups excluding carboxylic acids is 1. The number of nitrogens with one attached hydrogen (secondary N) is 1. The lowest BCUT2D eigenvalue weighted by atomic mass is 9.93. The minimum atomic E-state index is -0.286. The van der Waals surface area contributed by atoms with E-state index < -0.39 is 0 Å². The van der Waals surface area contributed by atoms with Crippen LogP contribution < -0.4 is 10.2 Å². The van der Waals surface area contributed by atoms with Crippen molar-refractivity contribution in [2.24, 2.45) is 0 Å². The molecule has 4 aromatic rings. The van der Waals surface area contributed by atoms with Crippen LogP contribution in [-0.4, -0.2) is 56.3 Å². The van der Waals surface area contributed by atoms with Gasteiger partial charge in [0.15, 0.2) is 5.82 Å². The molecule has 0 unspecified atom stereocenters. The number of anilines is 2. The highest BCUT2D eigenvalue weighted by Crippen LogP contribution is 2.27. The molecule has 3 aromatic heterocycles. The Morgan fingerprint density at radius 3 is 2.55 bits per heavy atom. The summed E-state index contributed by atoms with van der Waals surface area (Å²) in [5.74, 6) is 0.788. The van der Waals surface area contributed by atoms with Crippen molar-refractivity contribution < 1.29 is 14.1 Å². The van der Waals surface area contributed by atoms with Crippen molar-refractivity contribution in [1.82, 2.24) is 25.1 Å². The Hall–Kier alpha value is -4.05. The number of ether oxygens (including phenoxy) is 1. The van der Waals surface area contributed by atoms with Crippen molar-refractivity contribution in [3.8, 4) is 16.9 Å². The highest BCUT2D eigenvalue weighted by atomic mass is 16.5. The first-order chi connectivity index (χ1) is 18.1. The summed E-state index contributed by atoms with van der Waals surface area (Å²) in [5.41, 5.74) is 4.57. The summed E-state index contributed by atoms with van der Waals surface area (Å²) in [6.45, 7) is 13.8. The van der Waals surface area contributed by atoms with Crippen LogP contribution in [0.3, 0.4) is 0 Å². The standard InChI is InChI=1S/C28H33N7O3/c1-17-7-8-20(27(36)30-26-11-25(38-32-26)28(4,5)6)10-24(17)35-16-23(31-33-35)21-9-22(13-29-12-21)34-14-18(2)37-19(3)15-34/h7-13,16,18-19H,14-15H2,1-6H3,(H,30,32,36)/t18-,19+. The maximum absolute atomic E-state index is 13.0. The van der Waals surface area contributed by atoms with Gasteiger partial charge in [0.05, 0.1) is 36.0 Å². The van der Waals surface area contributed by atoms with Gasteiger partial charge in [-0.2, -0.15) is 0 Å². The number of amides is 1. The molecule has 1 aromatic carbocycles. The minimum Gasteiger partial charge on any atom is -0.372 e. The van der Waals surface area contributed by atoms with Crippen molar-refractivity contribution in [2.75, 3.05) is 23.3 Å². The van der Waals surface area contributed by atoms with E-state index in [1.54, 1.807) is 29.1 Å². The quantitative estimate of drug-likeness (QED) is 0.404. The summed E-state index contributed by atoms with van der Waals surface area (Å²) in [5, 5.41) is 15.5. The number of hydrogen-bond acceptors (Lipinski definition) is 8. The average Bonchev–Trinajstić information content (AvgIpc) is 3.54. The van der Waals surface area contributed by atoms with Crippen molar-refractivity contribution >= 4 is 17.4 Å². The summed E-state index contributed by atoms with van der Waals surface area (Å²) in [6.07, 6.45) is 5.81. The average molecular weight is 516 g/mol. The van der Waals surface area contributed by atoms with Gasteiger partial charge in [0.2, 0.25) is 0 Å². The first-order valence-electron chi connectivity index (χ1n) is 12.7. The number of aromatic nitrogens is 5. The Kier molecular flexibility index (Phi) is 6.75. The summed E-state index contributed by atoms with van der Waals surface area (Å²) in [7, 11) is 0. The number of carbonyl (C=O) groups is 1. The van der Waals surface area contributed by atoms with E-state index in [0.29, 0.717) is 22.8 Å².